The maximum absolute atomic E-state index is 15.9. The van der Waals surface area contributed by atoms with Gasteiger partial charge in [-0.25, -0.2) is 24.2 Å². The SMILES string of the molecule is CCCCN(CCSSc1ccccn1)C(=O)O[C@@H](C(=O)OC1C[C@@]2(O)[C@@H](OC(=O)c3ccccc3)[C@@H]3[C@]4(OC(C)=O)CO[C@@H]4C[C@H](OC)[C@@]3(C)C(=O)[C@H](OC)C(=C1C)C2(C)C)[C@@H](NC(=O)OC(C)(C)C)c1ccccc1. The summed E-state index contributed by atoms with van der Waals surface area (Å²) in [4.78, 5) is 93.8. The molecule has 1 saturated heterocycles. The van der Waals surface area contributed by atoms with E-state index in [0.29, 0.717) is 23.3 Å². The fraction of sp³-hybridized carbons (Fsp3) is 0.561. The summed E-state index contributed by atoms with van der Waals surface area (Å²) in [6.07, 6.45) is -7.44. The molecular formula is C57H73N3O15S2. The van der Waals surface area contributed by atoms with Crippen molar-refractivity contribution in [1.29, 1.82) is 0 Å². The van der Waals surface area contributed by atoms with Gasteiger partial charge in [0.05, 0.1) is 29.6 Å². The third-order valence-electron chi connectivity index (χ3n) is 15.5. The van der Waals surface area contributed by atoms with Crippen LogP contribution in [0.5, 0.6) is 0 Å². The van der Waals surface area contributed by atoms with Gasteiger partial charge in [-0.15, -0.1) is 0 Å². The van der Waals surface area contributed by atoms with E-state index in [4.69, 9.17) is 37.9 Å². The van der Waals surface area contributed by atoms with Crippen LogP contribution in [-0.2, 0) is 52.3 Å². The third kappa shape index (κ3) is 12.1. The van der Waals surface area contributed by atoms with Crippen molar-refractivity contribution in [2.75, 3.05) is 39.7 Å². The normalized spacial score (nSPS) is 28.1. The van der Waals surface area contributed by atoms with Gasteiger partial charge in [0.2, 0.25) is 6.10 Å². The number of amides is 2. The summed E-state index contributed by atoms with van der Waals surface area (Å²) in [5.74, 6) is -4.13. The number of esters is 3. The maximum atomic E-state index is 15.9. The molecule has 3 fully saturated rings. The molecule has 11 atom stereocenters. The highest BCUT2D eigenvalue weighted by atomic mass is 33.1. The number of benzene rings is 2. The lowest BCUT2D eigenvalue weighted by atomic mass is 9.44. The second-order valence-electron chi connectivity index (χ2n) is 21.8. The van der Waals surface area contributed by atoms with Crippen molar-refractivity contribution in [3.05, 3.63) is 107 Å². The molecule has 4 aliphatic rings. The second-order valence-corrected chi connectivity index (χ2v) is 24.2. The van der Waals surface area contributed by atoms with Crippen molar-refractivity contribution in [1.82, 2.24) is 15.2 Å². The van der Waals surface area contributed by atoms with Crippen LogP contribution in [0, 0.1) is 16.7 Å². The molecular weight excluding hydrogens is 1030 g/mol. The Balaban J connectivity index is 1.36. The molecule has 20 heteroatoms. The van der Waals surface area contributed by atoms with Crippen LogP contribution in [0.2, 0.25) is 0 Å². The van der Waals surface area contributed by atoms with Crippen LogP contribution in [0.15, 0.2) is 101 Å². The highest BCUT2D eigenvalue weighted by Gasteiger charge is 2.78. The monoisotopic (exact) mass is 1100 g/mol. The third-order valence-corrected chi connectivity index (χ3v) is 17.8. The first-order chi connectivity index (χ1) is 36.5. The predicted molar refractivity (Wildman–Crippen MR) is 286 cm³/mol. The van der Waals surface area contributed by atoms with E-state index in [1.54, 1.807) is 115 Å². The Morgan fingerprint density at radius 3 is 2.19 bits per heavy atom. The lowest BCUT2D eigenvalue weighted by Crippen LogP contribution is -2.82. The molecule has 3 aromatic rings. The Kier molecular flexibility index (Phi) is 18.6. The van der Waals surface area contributed by atoms with Crippen LogP contribution >= 0.6 is 21.6 Å². The van der Waals surface area contributed by atoms with Gasteiger partial charge in [-0.05, 0) is 92.8 Å². The van der Waals surface area contributed by atoms with Gasteiger partial charge in [0.1, 0.15) is 46.7 Å². The fourth-order valence-corrected chi connectivity index (χ4v) is 13.5. The average molecular weight is 1100 g/mol. The molecule has 0 spiro atoms. The number of alkyl carbamates (subject to hydrolysis) is 1. The molecule has 7 rings (SSSR count). The summed E-state index contributed by atoms with van der Waals surface area (Å²) >= 11 is 0. The number of methoxy groups -OCH3 is 2. The molecule has 2 heterocycles. The van der Waals surface area contributed by atoms with E-state index in [-0.39, 0.29) is 37.3 Å². The van der Waals surface area contributed by atoms with E-state index in [0.717, 1.165) is 11.4 Å². The number of Topliss-reactive ketones (excluding diaryl/α,β-unsaturated/α-hetero) is 1. The minimum atomic E-state index is -2.30. The minimum absolute atomic E-state index is 0.0945. The molecule has 0 radical (unpaired) electrons. The summed E-state index contributed by atoms with van der Waals surface area (Å²) in [5.41, 5.74) is -7.14. The smallest absolute Gasteiger partial charge is 0.410 e. The zero-order valence-corrected chi connectivity index (χ0v) is 47.4. The average Bonchev–Trinajstić information content (AvgIpc) is 3.57. The number of ether oxygens (including phenoxy) is 8. The molecule has 1 aliphatic heterocycles. The van der Waals surface area contributed by atoms with Crippen molar-refractivity contribution in [3.8, 4) is 0 Å². The molecule has 418 valence electrons. The van der Waals surface area contributed by atoms with Crippen LogP contribution < -0.4 is 5.32 Å². The van der Waals surface area contributed by atoms with E-state index >= 15 is 9.59 Å². The van der Waals surface area contributed by atoms with Crippen molar-refractivity contribution in [2.24, 2.45) is 16.7 Å². The van der Waals surface area contributed by atoms with Gasteiger partial charge in [0, 0.05) is 64.4 Å². The lowest BCUT2D eigenvalue weighted by molar-refractivity contribution is -0.347. The molecule has 77 heavy (non-hydrogen) atoms. The maximum Gasteiger partial charge on any atom is 0.410 e. The van der Waals surface area contributed by atoms with Crippen LogP contribution in [0.25, 0.3) is 0 Å². The first kappa shape index (κ1) is 59.2. The fourth-order valence-electron chi connectivity index (χ4n) is 11.6. The van der Waals surface area contributed by atoms with Crippen molar-refractivity contribution in [2.45, 2.75) is 152 Å². The second kappa shape index (κ2) is 24.2. The highest BCUT2D eigenvalue weighted by Crippen LogP contribution is 2.65. The van der Waals surface area contributed by atoms with Crippen molar-refractivity contribution < 1.29 is 71.8 Å². The number of hydrogen-bond donors (Lipinski definition) is 2. The zero-order valence-electron chi connectivity index (χ0n) is 45.7. The first-order valence-electron chi connectivity index (χ1n) is 26.0. The summed E-state index contributed by atoms with van der Waals surface area (Å²) in [6, 6.07) is 20.7. The lowest BCUT2D eigenvalue weighted by Gasteiger charge is -2.67. The molecule has 1 unspecified atom stereocenters. The predicted octanol–water partition coefficient (Wildman–Crippen LogP) is 8.65. The Morgan fingerprint density at radius 2 is 1.61 bits per heavy atom. The van der Waals surface area contributed by atoms with Crippen molar-refractivity contribution >= 4 is 57.5 Å². The molecule has 2 saturated carbocycles. The Bertz CT molecular complexity index is 2640. The topological polar surface area (TPSA) is 225 Å². The van der Waals surface area contributed by atoms with Crippen molar-refractivity contribution in [3.63, 3.8) is 0 Å². The number of rotatable bonds is 19. The number of aromatic nitrogens is 1. The number of pyridine rings is 1. The van der Waals surface area contributed by atoms with Gasteiger partial charge < -0.3 is 53.2 Å². The first-order valence-corrected chi connectivity index (χ1v) is 28.3. The highest BCUT2D eigenvalue weighted by molar-refractivity contribution is 8.76. The Labute approximate surface area is 458 Å². The van der Waals surface area contributed by atoms with E-state index in [9.17, 15) is 24.3 Å². The molecule has 2 aromatic carbocycles. The Hall–Kier alpha value is -5.51. The number of hydrogen-bond acceptors (Lipinski definition) is 18. The quantitative estimate of drug-likeness (QED) is 0.0376. The van der Waals surface area contributed by atoms with E-state index in [1.165, 1.54) is 47.6 Å². The van der Waals surface area contributed by atoms with Crippen LogP contribution in [0.1, 0.15) is 110 Å². The van der Waals surface area contributed by atoms with Gasteiger partial charge in [-0.2, -0.15) is 0 Å². The van der Waals surface area contributed by atoms with Gasteiger partial charge in [-0.1, -0.05) is 92.6 Å². The van der Waals surface area contributed by atoms with Gasteiger partial charge >= 0.3 is 30.1 Å². The van der Waals surface area contributed by atoms with E-state index in [1.807, 2.05) is 25.1 Å². The van der Waals surface area contributed by atoms with Crippen LogP contribution in [0.4, 0.5) is 9.59 Å². The molecule has 2 N–H and O–H groups in total. The number of fused-ring (bicyclic) bond motifs is 5. The largest absolute Gasteiger partial charge is 0.455 e. The Morgan fingerprint density at radius 1 is 0.935 bits per heavy atom. The zero-order chi connectivity index (χ0) is 56.1. The number of nitrogens with zero attached hydrogens (tertiary/aromatic N) is 2. The summed E-state index contributed by atoms with van der Waals surface area (Å²) in [5, 5.41) is 17.7. The number of aliphatic hydroxyl groups is 1. The number of unbranched alkanes of at least 4 members (excludes halogenated alkanes) is 1. The molecule has 2 amide bonds. The molecule has 1 aromatic heterocycles. The summed E-state index contributed by atoms with van der Waals surface area (Å²) in [6.45, 7) is 15.2. The molecule has 3 aliphatic carbocycles. The van der Waals surface area contributed by atoms with Crippen LogP contribution in [0.3, 0.4) is 0 Å². The summed E-state index contributed by atoms with van der Waals surface area (Å²) < 4.78 is 49.9. The standard InChI is InChI=1S/C57H73N3O15S2/c1-12-13-28-60(29-30-76-77-41-26-20-21-27-58-41)52(66)72-45(43(36-22-16-14-17-23-36)59-51(65)75-53(4,5)6)50(64)71-38-32-57(67)48(73-49(63)37-24-18-15-19-25-37)46-55(9,47(62)44(69-11)42(34(38)2)54(57,7)8)39(68-10)31-40-56(46,33-70-40)74-35(3)61/h14-27,38-40,43-46,48,67H,12-13,28-33H2,1-11H3,(H,59,65)/t38?,39-,40+,43-,44+,45+,46-,48-,55+,56-,57+/m0/s1. The molecule has 18 nitrogen and oxygen atoms in total. The number of carbonyl (C=O) groups is 6. The van der Waals surface area contributed by atoms with E-state index in [2.05, 4.69) is 10.3 Å². The summed E-state index contributed by atoms with van der Waals surface area (Å²) in [7, 11) is 5.73. The van der Waals surface area contributed by atoms with Gasteiger partial charge in [0.25, 0.3) is 0 Å². The number of ketones is 1. The molecule has 2 bridgehead atoms. The van der Waals surface area contributed by atoms with Gasteiger partial charge in [-0.3, -0.25) is 9.59 Å². The number of carbonyl (C=O) groups excluding carboxylic acids is 6. The van der Waals surface area contributed by atoms with Crippen LogP contribution in [-0.4, -0.2) is 144 Å². The number of nitrogens with one attached hydrogen (secondary N) is 1. The van der Waals surface area contributed by atoms with Gasteiger partial charge in [0.15, 0.2) is 11.4 Å². The van der Waals surface area contributed by atoms with E-state index < -0.39 is 119 Å². The minimum Gasteiger partial charge on any atom is -0.455 e.